The van der Waals surface area contributed by atoms with E-state index in [0.717, 1.165) is 22.4 Å². The summed E-state index contributed by atoms with van der Waals surface area (Å²) in [6, 6.07) is 17.7. The van der Waals surface area contributed by atoms with Crippen LogP contribution in [0.4, 0.5) is 5.82 Å². The number of nitrogens with zero attached hydrogens (tertiary/aromatic N) is 1. The van der Waals surface area contributed by atoms with Crippen LogP contribution < -0.4 is 5.32 Å². The molecule has 4 nitrogen and oxygen atoms in total. The first kappa shape index (κ1) is 14.0. The number of fused-ring (bicyclic) bond motifs is 1. The van der Waals surface area contributed by atoms with Crippen molar-refractivity contribution in [1.82, 2.24) is 10.2 Å². The van der Waals surface area contributed by atoms with E-state index in [1.807, 2.05) is 54.6 Å². The van der Waals surface area contributed by atoms with Crippen molar-refractivity contribution < 1.29 is 4.79 Å². The van der Waals surface area contributed by atoms with Gasteiger partial charge in [-0.05, 0) is 17.7 Å². The Bertz CT molecular complexity index is 856. The Morgan fingerprint density at radius 1 is 1.04 bits per heavy atom. The van der Waals surface area contributed by atoms with Gasteiger partial charge in [-0.1, -0.05) is 54.1 Å². The summed E-state index contributed by atoms with van der Waals surface area (Å²) >= 11 is 5.98. The highest BCUT2D eigenvalue weighted by atomic mass is 35.5. The third-order valence-electron chi connectivity index (χ3n) is 4.13. The second-order valence-electron chi connectivity index (χ2n) is 5.58. The van der Waals surface area contributed by atoms with Crippen LogP contribution in [0, 0.1) is 0 Å². The maximum atomic E-state index is 12.0. The average molecular weight is 324 g/mol. The van der Waals surface area contributed by atoms with Crippen molar-refractivity contribution >= 4 is 23.3 Å². The number of hydrogen-bond donors (Lipinski definition) is 2. The number of nitrogens with one attached hydrogen (secondary N) is 2. The van der Waals surface area contributed by atoms with E-state index in [2.05, 4.69) is 15.5 Å². The van der Waals surface area contributed by atoms with E-state index in [4.69, 9.17) is 11.6 Å². The van der Waals surface area contributed by atoms with Gasteiger partial charge in [-0.2, -0.15) is 5.10 Å². The molecule has 1 aromatic heterocycles. The minimum Gasteiger partial charge on any atom is -0.309 e. The molecular weight excluding hydrogens is 310 g/mol. The molecule has 3 aromatic rings. The lowest BCUT2D eigenvalue weighted by molar-refractivity contribution is -0.116. The molecule has 0 bridgehead atoms. The maximum absolute atomic E-state index is 12.0. The van der Waals surface area contributed by atoms with Gasteiger partial charge < -0.3 is 5.32 Å². The third-order valence-corrected chi connectivity index (χ3v) is 4.39. The molecule has 2 heterocycles. The van der Waals surface area contributed by atoms with Crippen LogP contribution in [0.25, 0.3) is 11.3 Å². The number of rotatable bonds is 2. The lowest BCUT2D eigenvalue weighted by Gasteiger charge is -2.23. The standard InChI is InChI=1S/C18H14ClN3O/c19-13-8-6-12(7-9-13)17-16-14(11-4-2-1-3-5-11)10-15(23)20-18(16)22-21-17/h1-9,14H,10H2,(H2,20,21,22,23). The molecule has 1 aliphatic heterocycles. The molecule has 2 N–H and O–H groups in total. The molecule has 1 unspecified atom stereocenters. The normalized spacial score (nSPS) is 16.7. The summed E-state index contributed by atoms with van der Waals surface area (Å²) in [4.78, 5) is 12.0. The molecule has 0 spiro atoms. The van der Waals surface area contributed by atoms with E-state index in [1.165, 1.54) is 0 Å². The number of benzene rings is 2. The van der Waals surface area contributed by atoms with E-state index in [1.54, 1.807) is 0 Å². The number of amides is 1. The Labute approximate surface area is 138 Å². The molecule has 114 valence electrons. The zero-order valence-electron chi connectivity index (χ0n) is 12.2. The van der Waals surface area contributed by atoms with E-state index < -0.39 is 0 Å². The average Bonchev–Trinajstić information content (AvgIpc) is 2.99. The molecule has 2 aromatic carbocycles. The summed E-state index contributed by atoms with van der Waals surface area (Å²) in [6.07, 6.45) is 0.414. The van der Waals surface area contributed by atoms with Gasteiger partial charge >= 0.3 is 0 Å². The topological polar surface area (TPSA) is 57.8 Å². The van der Waals surface area contributed by atoms with Gasteiger partial charge in [0.1, 0.15) is 0 Å². The van der Waals surface area contributed by atoms with Gasteiger partial charge in [-0.3, -0.25) is 9.89 Å². The predicted octanol–water partition coefficient (Wildman–Crippen LogP) is 4.20. The highest BCUT2D eigenvalue weighted by Gasteiger charge is 2.31. The highest BCUT2D eigenvalue weighted by molar-refractivity contribution is 6.30. The summed E-state index contributed by atoms with van der Waals surface area (Å²) in [7, 11) is 0. The fraction of sp³-hybridized carbons (Fsp3) is 0.111. The van der Waals surface area contributed by atoms with Crippen molar-refractivity contribution in [2.24, 2.45) is 0 Å². The molecular formula is C18H14ClN3O. The van der Waals surface area contributed by atoms with Crippen molar-refractivity contribution in [1.29, 1.82) is 0 Å². The molecule has 23 heavy (non-hydrogen) atoms. The number of carbonyl (C=O) groups excluding carboxylic acids is 1. The molecule has 1 atom stereocenters. The molecule has 1 aliphatic rings. The van der Waals surface area contributed by atoms with E-state index in [9.17, 15) is 4.79 Å². The highest BCUT2D eigenvalue weighted by Crippen LogP contribution is 2.41. The Morgan fingerprint density at radius 3 is 2.52 bits per heavy atom. The number of halogens is 1. The molecule has 1 amide bonds. The van der Waals surface area contributed by atoms with Crippen LogP contribution in [0.15, 0.2) is 54.6 Å². The second kappa shape index (κ2) is 5.56. The van der Waals surface area contributed by atoms with Gasteiger partial charge in [0.2, 0.25) is 5.91 Å². The minimum atomic E-state index is -0.0134. The van der Waals surface area contributed by atoms with Crippen LogP contribution in [0.3, 0.4) is 0 Å². The summed E-state index contributed by atoms with van der Waals surface area (Å²) in [5.74, 6) is 0.588. The van der Waals surface area contributed by atoms with Gasteiger partial charge in [0.25, 0.3) is 0 Å². The monoisotopic (exact) mass is 323 g/mol. The first-order valence-corrected chi connectivity index (χ1v) is 7.79. The van der Waals surface area contributed by atoms with Gasteiger partial charge in [-0.25, -0.2) is 0 Å². The Morgan fingerprint density at radius 2 is 1.78 bits per heavy atom. The lowest BCUT2D eigenvalue weighted by Crippen LogP contribution is -2.23. The van der Waals surface area contributed by atoms with Gasteiger partial charge in [-0.15, -0.1) is 0 Å². The first-order valence-electron chi connectivity index (χ1n) is 7.41. The van der Waals surface area contributed by atoms with Crippen LogP contribution >= 0.6 is 11.6 Å². The SMILES string of the molecule is O=C1CC(c2ccccc2)c2c(n[nH]c2-c2ccc(Cl)cc2)N1. The number of aromatic amines is 1. The van der Waals surface area contributed by atoms with Crippen molar-refractivity contribution in [2.45, 2.75) is 12.3 Å². The number of aromatic nitrogens is 2. The minimum absolute atomic E-state index is 0.00984. The number of carbonyl (C=O) groups is 1. The molecule has 0 aliphatic carbocycles. The maximum Gasteiger partial charge on any atom is 0.226 e. The van der Waals surface area contributed by atoms with E-state index in [-0.39, 0.29) is 11.8 Å². The summed E-state index contributed by atoms with van der Waals surface area (Å²) in [5.41, 5.74) is 4.06. The predicted molar refractivity (Wildman–Crippen MR) is 90.6 cm³/mol. The van der Waals surface area contributed by atoms with Crippen LogP contribution in [0.2, 0.25) is 5.02 Å². The summed E-state index contributed by atoms with van der Waals surface area (Å²) < 4.78 is 0. The Kier molecular flexibility index (Phi) is 3.39. The fourth-order valence-electron chi connectivity index (χ4n) is 3.06. The first-order chi connectivity index (χ1) is 11.2. The molecule has 0 fully saturated rings. The van der Waals surface area contributed by atoms with Crippen molar-refractivity contribution in [3.8, 4) is 11.3 Å². The number of anilines is 1. The van der Waals surface area contributed by atoms with Crippen molar-refractivity contribution in [3.05, 3.63) is 70.7 Å². The van der Waals surface area contributed by atoms with Crippen LogP contribution in [0.1, 0.15) is 23.5 Å². The summed E-state index contributed by atoms with van der Waals surface area (Å²) in [6.45, 7) is 0. The summed E-state index contributed by atoms with van der Waals surface area (Å²) in [5, 5.41) is 10.9. The smallest absolute Gasteiger partial charge is 0.226 e. The lowest BCUT2D eigenvalue weighted by atomic mass is 9.84. The fourth-order valence-corrected chi connectivity index (χ4v) is 3.19. The van der Waals surface area contributed by atoms with Crippen LogP contribution in [-0.2, 0) is 4.79 Å². The largest absolute Gasteiger partial charge is 0.309 e. The second-order valence-corrected chi connectivity index (χ2v) is 6.02. The number of H-pyrrole nitrogens is 1. The quantitative estimate of drug-likeness (QED) is 0.742. The molecule has 0 saturated carbocycles. The zero-order valence-corrected chi connectivity index (χ0v) is 13.0. The zero-order chi connectivity index (χ0) is 15.8. The Balaban J connectivity index is 1.86. The number of hydrogen-bond acceptors (Lipinski definition) is 2. The van der Waals surface area contributed by atoms with Gasteiger partial charge in [0.05, 0.1) is 5.69 Å². The van der Waals surface area contributed by atoms with E-state index >= 15 is 0 Å². The van der Waals surface area contributed by atoms with Crippen LogP contribution in [0.5, 0.6) is 0 Å². The van der Waals surface area contributed by atoms with Crippen molar-refractivity contribution in [3.63, 3.8) is 0 Å². The Hall–Kier alpha value is -2.59. The third kappa shape index (κ3) is 2.51. The molecule has 0 saturated heterocycles. The molecule has 0 radical (unpaired) electrons. The van der Waals surface area contributed by atoms with Crippen LogP contribution in [-0.4, -0.2) is 16.1 Å². The molecule has 5 heteroatoms. The van der Waals surface area contributed by atoms with Gasteiger partial charge in [0.15, 0.2) is 5.82 Å². The molecule has 4 rings (SSSR count). The van der Waals surface area contributed by atoms with Crippen molar-refractivity contribution in [2.75, 3.05) is 5.32 Å². The van der Waals surface area contributed by atoms with E-state index in [0.29, 0.717) is 17.3 Å². The van der Waals surface area contributed by atoms with Gasteiger partial charge in [0, 0.05) is 28.5 Å².